The van der Waals surface area contributed by atoms with Crippen LogP contribution < -0.4 is 5.32 Å². The van der Waals surface area contributed by atoms with E-state index in [-0.39, 0.29) is 18.4 Å². The Bertz CT molecular complexity index is 297. The third-order valence-corrected chi connectivity index (χ3v) is 3.66. The lowest BCUT2D eigenvalue weighted by atomic mass is 10.00. The van der Waals surface area contributed by atoms with Crippen LogP contribution in [-0.4, -0.2) is 36.3 Å². The Kier molecular flexibility index (Phi) is 3.17. The van der Waals surface area contributed by atoms with E-state index < -0.39 is 0 Å². The van der Waals surface area contributed by atoms with Gasteiger partial charge in [0.25, 0.3) is 0 Å². The Morgan fingerprint density at radius 2 is 2.12 bits per heavy atom. The predicted octanol–water partition coefficient (Wildman–Crippen LogP) is 0.915. The minimum atomic E-state index is -0.00353. The van der Waals surface area contributed by atoms with Crippen LogP contribution in [-0.2, 0) is 9.59 Å². The second-order valence-corrected chi connectivity index (χ2v) is 5.09. The number of hydrogen-bond acceptors (Lipinski definition) is 2. The molecule has 90 valence electrons. The van der Waals surface area contributed by atoms with Gasteiger partial charge in [-0.05, 0) is 24.7 Å². The van der Waals surface area contributed by atoms with Crippen molar-refractivity contribution in [2.45, 2.75) is 39.0 Å². The van der Waals surface area contributed by atoms with Crippen LogP contribution in [0.25, 0.3) is 0 Å². The zero-order valence-corrected chi connectivity index (χ0v) is 9.92. The summed E-state index contributed by atoms with van der Waals surface area (Å²) in [5.74, 6) is 0.0735. The summed E-state index contributed by atoms with van der Waals surface area (Å²) >= 11 is 0. The molecule has 1 N–H and O–H groups in total. The highest BCUT2D eigenvalue weighted by molar-refractivity contribution is 5.87. The fourth-order valence-corrected chi connectivity index (χ4v) is 2.50. The summed E-state index contributed by atoms with van der Waals surface area (Å²) in [6.45, 7) is 3.82. The van der Waals surface area contributed by atoms with E-state index in [1.807, 2.05) is 4.90 Å². The number of carbonyl (C=O) groups excluding carboxylic acids is 2. The van der Waals surface area contributed by atoms with E-state index in [0.29, 0.717) is 18.4 Å². The van der Waals surface area contributed by atoms with Crippen molar-refractivity contribution in [2.75, 3.05) is 19.6 Å². The third kappa shape index (κ3) is 2.54. The molecular formula is C12H20N2O2. The molecule has 0 atom stereocenters. The van der Waals surface area contributed by atoms with Crippen molar-refractivity contribution < 1.29 is 9.59 Å². The van der Waals surface area contributed by atoms with Crippen LogP contribution in [0.5, 0.6) is 0 Å². The summed E-state index contributed by atoms with van der Waals surface area (Å²) in [6, 6.07) is 0. The monoisotopic (exact) mass is 224 g/mol. The normalized spacial score (nSPS) is 23.9. The van der Waals surface area contributed by atoms with E-state index in [4.69, 9.17) is 0 Å². The Labute approximate surface area is 96.4 Å². The molecule has 0 radical (unpaired) electrons. The molecule has 2 rings (SSSR count). The van der Waals surface area contributed by atoms with Gasteiger partial charge >= 0.3 is 0 Å². The van der Waals surface area contributed by atoms with Gasteiger partial charge in [0.15, 0.2) is 0 Å². The molecule has 1 heterocycles. The highest BCUT2D eigenvalue weighted by Gasteiger charge is 2.43. The molecule has 0 unspecified atom stereocenters. The Morgan fingerprint density at radius 1 is 1.38 bits per heavy atom. The summed E-state index contributed by atoms with van der Waals surface area (Å²) in [5, 5.41) is 2.63. The maximum Gasteiger partial charge on any atom is 0.241 e. The number of rotatable bonds is 4. The molecule has 0 aromatic carbocycles. The first-order valence-corrected chi connectivity index (χ1v) is 6.20. The van der Waals surface area contributed by atoms with Crippen LogP contribution in [0.15, 0.2) is 0 Å². The van der Waals surface area contributed by atoms with Crippen LogP contribution in [0.2, 0.25) is 0 Å². The van der Waals surface area contributed by atoms with Gasteiger partial charge in [0.2, 0.25) is 11.8 Å². The van der Waals surface area contributed by atoms with Gasteiger partial charge in [0.05, 0.1) is 6.54 Å². The number of amides is 2. The number of nitrogens with zero attached hydrogens (tertiary/aromatic N) is 1. The minimum absolute atomic E-state index is 0.00353. The van der Waals surface area contributed by atoms with Crippen molar-refractivity contribution in [1.29, 1.82) is 0 Å². The lowest BCUT2D eigenvalue weighted by Crippen LogP contribution is -2.39. The molecule has 0 aromatic heterocycles. The van der Waals surface area contributed by atoms with Crippen molar-refractivity contribution in [2.24, 2.45) is 5.41 Å². The zero-order chi connectivity index (χ0) is 11.6. The van der Waals surface area contributed by atoms with Crippen molar-refractivity contribution in [3.05, 3.63) is 0 Å². The Hall–Kier alpha value is -1.06. The van der Waals surface area contributed by atoms with Crippen molar-refractivity contribution in [3.63, 3.8) is 0 Å². The summed E-state index contributed by atoms with van der Waals surface area (Å²) < 4.78 is 0. The van der Waals surface area contributed by atoms with Crippen LogP contribution in [0.3, 0.4) is 0 Å². The van der Waals surface area contributed by atoms with E-state index >= 15 is 0 Å². The molecule has 1 saturated heterocycles. The SMILES string of the molecule is CCCC1(CN2CCC(=O)NCC2=O)CC1. The summed E-state index contributed by atoms with van der Waals surface area (Å²) in [6.07, 6.45) is 5.32. The topological polar surface area (TPSA) is 49.4 Å². The van der Waals surface area contributed by atoms with Crippen molar-refractivity contribution in [1.82, 2.24) is 10.2 Å². The van der Waals surface area contributed by atoms with E-state index in [1.165, 1.54) is 25.7 Å². The van der Waals surface area contributed by atoms with Gasteiger partial charge in [-0.1, -0.05) is 13.3 Å². The van der Waals surface area contributed by atoms with Gasteiger partial charge in [0.1, 0.15) is 0 Å². The lowest BCUT2D eigenvalue weighted by Gasteiger charge is -2.25. The number of nitrogens with one attached hydrogen (secondary N) is 1. The second kappa shape index (κ2) is 4.44. The van der Waals surface area contributed by atoms with E-state index in [9.17, 15) is 9.59 Å². The number of carbonyl (C=O) groups is 2. The number of hydrogen-bond donors (Lipinski definition) is 1. The molecule has 16 heavy (non-hydrogen) atoms. The molecule has 0 aromatic rings. The van der Waals surface area contributed by atoms with Gasteiger partial charge in [0, 0.05) is 19.5 Å². The van der Waals surface area contributed by atoms with Crippen molar-refractivity contribution in [3.8, 4) is 0 Å². The molecule has 1 aliphatic heterocycles. The molecule has 0 spiro atoms. The standard InChI is InChI=1S/C12H20N2O2/c1-2-4-12(5-6-12)9-14-7-3-10(15)13-8-11(14)16/h2-9H2,1H3,(H,13,15). The Balaban J connectivity index is 1.92. The molecule has 0 bridgehead atoms. The van der Waals surface area contributed by atoms with Crippen LogP contribution in [0.1, 0.15) is 39.0 Å². The molecule has 2 amide bonds. The summed E-state index contributed by atoms with van der Waals surface area (Å²) in [4.78, 5) is 24.8. The molecular weight excluding hydrogens is 204 g/mol. The summed E-state index contributed by atoms with van der Waals surface area (Å²) in [7, 11) is 0. The Morgan fingerprint density at radius 3 is 2.75 bits per heavy atom. The van der Waals surface area contributed by atoms with Gasteiger partial charge in [-0.3, -0.25) is 9.59 Å². The van der Waals surface area contributed by atoms with Gasteiger partial charge in [-0.15, -0.1) is 0 Å². The molecule has 4 heteroatoms. The first kappa shape index (κ1) is 11.4. The molecule has 4 nitrogen and oxygen atoms in total. The second-order valence-electron chi connectivity index (χ2n) is 5.09. The quantitative estimate of drug-likeness (QED) is 0.772. The van der Waals surface area contributed by atoms with Gasteiger partial charge in [-0.2, -0.15) is 0 Å². The molecule has 2 fully saturated rings. The van der Waals surface area contributed by atoms with Crippen LogP contribution in [0, 0.1) is 5.41 Å². The van der Waals surface area contributed by atoms with Crippen LogP contribution >= 0.6 is 0 Å². The predicted molar refractivity (Wildman–Crippen MR) is 60.8 cm³/mol. The van der Waals surface area contributed by atoms with Gasteiger partial charge < -0.3 is 10.2 Å². The van der Waals surface area contributed by atoms with Gasteiger partial charge in [-0.25, -0.2) is 0 Å². The molecule has 1 saturated carbocycles. The first-order chi connectivity index (χ1) is 7.65. The fraction of sp³-hybridized carbons (Fsp3) is 0.833. The molecule has 1 aliphatic carbocycles. The van der Waals surface area contributed by atoms with E-state index in [2.05, 4.69) is 12.2 Å². The fourth-order valence-electron chi connectivity index (χ4n) is 2.50. The molecule has 2 aliphatic rings. The minimum Gasteiger partial charge on any atom is -0.347 e. The average Bonchev–Trinajstić information content (AvgIpc) is 3.02. The summed E-state index contributed by atoms with van der Waals surface area (Å²) in [5.41, 5.74) is 0.387. The first-order valence-electron chi connectivity index (χ1n) is 6.20. The third-order valence-electron chi connectivity index (χ3n) is 3.66. The average molecular weight is 224 g/mol. The van der Waals surface area contributed by atoms with E-state index in [1.54, 1.807) is 0 Å². The smallest absolute Gasteiger partial charge is 0.241 e. The van der Waals surface area contributed by atoms with Crippen LogP contribution in [0.4, 0.5) is 0 Å². The zero-order valence-electron chi connectivity index (χ0n) is 9.92. The lowest BCUT2D eigenvalue weighted by molar-refractivity contribution is -0.130. The largest absolute Gasteiger partial charge is 0.347 e. The highest BCUT2D eigenvalue weighted by Crippen LogP contribution is 2.50. The highest BCUT2D eigenvalue weighted by atomic mass is 16.2. The van der Waals surface area contributed by atoms with Crippen molar-refractivity contribution >= 4 is 11.8 Å². The maximum atomic E-state index is 11.8. The van der Waals surface area contributed by atoms with E-state index in [0.717, 1.165) is 6.54 Å². The maximum absolute atomic E-state index is 11.8.